The molecule has 0 bridgehead atoms. The Labute approximate surface area is 149 Å². The van der Waals surface area contributed by atoms with Gasteiger partial charge in [-0.25, -0.2) is 4.98 Å². The summed E-state index contributed by atoms with van der Waals surface area (Å²) in [5, 5.41) is 14.0. The smallest absolute Gasteiger partial charge is 0.251 e. The van der Waals surface area contributed by atoms with Crippen LogP contribution in [0.25, 0.3) is 11.3 Å². The van der Waals surface area contributed by atoms with Crippen LogP contribution in [0.15, 0.2) is 65.5 Å². The van der Waals surface area contributed by atoms with Gasteiger partial charge in [0.25, 0.3) is 5.91 Å². The van der Waals surface area contributed by atoms with Crippen LogP contribution in [0, 0.1) is 11.3 Å². The van der Waals surface area contributed by atoms with Gasteiger partial charge in [0.2, 0.25) is 5.91 Å². The van der Waals surface area contributed by atoms with E-state index in [4.69, 9.17) is 9.68 Å². The fourth-order valence-corrected chi connectivity index (χ4v) is 2.24. The third-order valence-electron chi connectivity index (χ3n) is 3.57. The molecule has 0 atom stereocenters. The molecule has 0 fully saturated rings. The molecule has 128 valence electrons. The summed E-state index contributed by atoms with van der Waals surface area (Å²) in [5.74, 6) is -0.0951. The Hall–Kier alpha value is -3.92. The standard InChI is InChI=1S/C19H14N4O3/c20-9-13-1-3-15(4-2-13)19(25)22-11-18(24)23-16-7-5-14(6-8-16)17-10-21-12-26-17/h1-8,10,12H,11H2,(H,22,25)(H,23,24). The Morgan fingerprint density at radius 1 is 1.08 bits per heavy atom. The Morgan fingerprint density at radius 2 is 1.81 bits per heavy atom. The van der Waals surface area contributed by atoms with Crippen molar-refractivity contribution in [1.29, 1.82) is 5.26 Å². The number of carbonyl (C=O) groups is 2. The van der Waals surface area contributed by atoms with E-state index in [1.807, 2.05) is 6.07 Å². The summed E-state index contributed by atoms with van der Waals surface area (Å²) in [7, 11) is 0. The maximum Gasteiger partial charge on any atom is 0.251 e. The van der Waals surface area contributed by atoms with E-state index < -0.39 is 0 Å². The van der Waals surface area contributed by atoms with Crippen molar-refractivity contribution in [2.45, 2.75) is 0 Å². The van der Waals surface area contributed by atoms with Crippen LogP contribution >= 0.6 is 0 Å². The lowest BCUT2D eigenvalue weighted by Gasteiger charge is -2.07. The van der Waals surface area contributed by atoms with Gasteiger partial charge in [-0.3, -0.25) is 9.59 Å². The SMILES string of the molecule is N#Cc1ccc(C(=O)NCC(=O)Nc2ccc(-c3cnco3)cc2)cc1. The van der Waals surface area contributed by atoms with E-state index >= 15 is 0 Å². The number of oxazole rings is 1. The Kier molecular flexibility index (Phi) is 5.05. The zero-order valence-corrected chi connectivity index (χ0v) is 13.6. The quantitative estimate of drug-likeness (QED) is 0.738. The highest BCUT2D eigenvalue weighted by atomic mass is 16.3. The lowest BCUT2D eigenvalue weighted by Crippen LogP contribution is -2.32. The van der Waals surface area contributed by atoms with Crippen LogP contribution in [0.1, 0.15) is 15.9 Å². The predicted octanol–water partition coefficient (Wildman–Crippen LogP) is 2.58. The minimum atomic E-state index is -0.384. The number of amides is 2. The summed E-state index contributed by atoms with van der Waals surface area (Å²) < 4.78 is 5.20. The molecule has 7 heteroatoms. The van der Waals surface area contributed by atoms with Crippen molar-refractivity contribution >= 4 is 17.5 Å². The van der Waals surface area contributed by atoms with Gasteiger partial charge in [0.15, 0.2) is 12.2 Å². The molecule has 2 amide bonds. The molecule has 26 heavy (non-hydrogen) atoms. The van der Waals surface area contributed by atoms with E-state index in [1.54, 1.807) is 42.6 Å². The first-order chi connectivity index (χ1) is 12.7. The third-order valence-corrected chi connectivity index (χ3v) is 3.57. The number of anilines is 1. The molecule has 1 aromatic heterocycles. The van der Waals surface area contributed by atoms with Crippen molar-refractivity contribution in [3.8, 4) is 17.4 Å². The van der Waals surface area contributed by atoms with Crippen LogP contribution in [0.2, 0.25) is 0 Å². The van der Waals surface area contributed by atoms with Gasteiger partial charge in [0, 0.05) is 16.8 Å². The summed E-state index contributed by atoms with van der Waals surface area (Å²) in [6.45, 7) is -0.164. The first-order valence-corrected chi connectivity index (χ1v) is 7.73. The van der Waals surface area contributed by atoms with E-state index in [9.17, 15) is 9.59 Å². The van der Waals surface area contributed by atoms with Gasteiger partial charge in [-0.05, 0) is 48.5 Å². The second kappa shape index (κ2) is 7.77. The molecule has 7 nitrogen and oxygen atoms in total. The second-order valence-electron chi connectivity index (χ2n) is 5.36. The number of rotatable bonds is 5. The van der Waals surface area contributed by atoms with Gasteiger partial charge in [-0.1, -0.05) is 0 Å². The Morgan fingerprint density at radius 3 is 2.42 bits per heavy atom. The fourth-order valence-electron chi connectivity index (χ4n) is 2.24. The topological polar surface area (TPSA) is 108 Å². The number of aromatic nitrogens is 1. The van der Waals surface area contributed by atoms with Gasteiger partial charge in [-0.15, -0.1) is 0 Å². The number of hydrogen-bond donors (Lipinski definition) is 2. The van der Waals surface area contributed by atoms with Gasteiger partial charge in [-0.2, -0.15) is 5.26 Å². The molecule has 0 unspecified atom stereocenters. The summed E-state index contributed by atoms with van der Waals surface area (Å²) in [5.41, 5.74) is 2.29. The number of nitrogens with zero attached hydrogens (tertiary/aromatic N) is 2. The maximum absolute atomic E-state index is 12.0. The van der Waals surface area contributed by atoms with Crippen LogP contribution in [-0.4, -0.2) is 23.3 Å². The molecule has 0 saturated carbocycles. The highest BCUT2D eigenvalue weighted by Gasteiger charge is 2.09. The molecule has 2 aromatic carbocycles. The molecule has 1 heterocycles. The largest absolute Gasteiger partial charge is 0.444 e. The normalized spacial score (nSPS) is 9.96. The monoisotopic (exact) mass is 346 g/mol. The van der Waals surface area contributed by atoms with Gasteiger partial charge >= 0.3 is 0 Å². The van der Waals surface area contributed by atoms with Crippen molar-refractivity contribution in [3.05, 3.63) is 72.2 Å². The molecule has 0 aliphatic carbocycles. The van der Waals surface area contributed by atoms with Crippen LogP contribution in [-0.2, 0) is 4.79 Å². The minimum Gasteiger partial charge on any atom is -0.444 e. The van der Waals surface area contributed by atoms with Crippen LogP contribution in [0.4, 0.5) is 5.69 Å². The first-order valence-electron chi connectivity index (χ1n) is 7.73. The summed E-state index contributed by atoms with van der Waals surface area (Å²) in [6.07, 6.45) is 2.95. The molecule has 0 aliphatic heterocycles. The number of hydrogen-bond acceptors (Lipinski definition) is 5. The fraction of sp³-hybridized carbons (Fsp3) is 0.0526. The van der Waals surface area contributed by atoms with Gasteiger partial charge in [0.1, 0.15) is 0 Å². The van der Waals surface area contributed by atoms with Crippen LogP contribution < -0.4 is 10.6 Å². The molecule has 0 radical (unpaired) electrons. The molecular formula is C19H14N4O3. The number of benzene rings is 2. The average Bonchev–Trinajstić information content (AvgIpc) is 3.21. The molecule has 0 saturated heterocycles. The molecule has 3 aromatic rings. The van der Waals surface area contributed by atoms with Gasteiger partial charge < -0.3 is 15.1 Å². The Bertz CT molecular complexity index is 940. The van der Waals surface area contributed by atoms with Crippen molar-refractivity contribution in [1.82, 2.24) is 10.3 Å². The van der Waals surface area contributed by atoms with E-state index in [-0.39, 0.29) is 18.4 Å². The van der Waals surface area contributed by atoms with E-state index in [0.29, 0.717) is 22.6 Å². The molecule has 0 aliphatic rings. The number of nitrogens with one attached hydrogen (secondary N) is 2. The van der Waals surface area contributed by atoms with Crippen molar-refractivity contribution < 1.29 is 14.0 Å². The van der Waals surface area contributed by atoms with Gasteiger partial charge in [0.05, 0.1) is 24.4 Å². The lowest BCUT2D eigenvalue weighted by molar-refractivity contribution is -0.115. The predicted molar refractivity (Wildman–Crippen MR) is 94.1 cm³/mol. The molecule has 3 rings (SSSR count). The maximum atomic E-state index is 12.0. The van der Waals surface area contributed by atoms with Crippen molar-refractivity contribution in [2.24, 2.45) is 0 Å². The van der Waals surface area contributed by atoms with E-state index in [2.05, 4.69) is 15.6 Å². The summed E-state index contributed by atoms with van der Waals surface area (Å²) in [4.78, 5) is 27.8. The lowest BCUT2D eigenvalue weighted by atomic mass is 10.1. The van der Waals surface area contributed by atoms with Crippen molar-refractivity contribution in [3.63, 3.8) is 0 Å². The summed E-state index contributed by atoms with van der Waals surface area (Å²) in [6, 6.07) is 15.2. The molecular weight excluding hydrogens is 332 g/mol. The molecule has 0 spiro atoms. The average molecular weight is 346 g/mol. The van der Waals surface area contributed by atoms with Crippen molar-refractivity contribution in [2.75, 3.05) is 11.9 Å². The zero-order chi connectivity index (χ0) is 18.4. The van der Waals surface area contributed by atoms with Crippen LogP contribution in [0.5, 0.6) is 0 Å². The second-order valence-corrected chi connectivity index (χ2v) is 5.36. The van der Waals surface area contributed by atoms with E-state index in [0.717, 1.165) is 5.56 Å². The summed E-state index contributed by atoms with van der Waals surface area (Å²) >= 11 is 0. The first kappa shape index (κ1) is 16.9. The third kappa shape index (κ3) is 4.13. The van der Waals surface area contributed by atoms with Crippen LogP contribution in [0.3, 0.4) is 0 Å². The highest BCUT2D eigenvalue weighted by Crippen LogP contribution is 2.20. The highest BCUT2D eigenvalue weighted by molar-refractivity contribution is 5.99. The van der Waals surface area contributed by atoms with E-state index in [1.165, 1.54) is 18.5 Å². The molecule has 2 N–H and O–H groups in total. The minimum absolute atomic E-state index is 0.164. The number of carbonyl (C=O) groups excluding carboxylic acids is 2. The number of nitriles is 1. The zero-order valence-electron chi connectivity index (χ0n) is 13.6. The Balaban J connectivity index is 1.52.